The zero-order chi connectivity index (χ0) is 8.81. The summed E-state index contributed by atoms with van der Waals surface area (Å²) in [5, 5.41) is 3.07. The van der Waals surface area contributed by atoms with Crippen molar-refractivity contribution in [2.75, 3.05) is 13.6 Å². The standard InChI is InChI=1S/C11H15N/c1-10-5-3-6-11(9-10)7-4-8-12-2/h3-7,9,12H,8H2,1-2H3/b7-4+. The molecule has 0 aliphatic rings. The van der Waals surface area contributed by atoms with E-state index in [0.717, 1.165) is 6.54 Å². The van der Waals surface area contributed by atoms with Crippen molar-refractivity contribution in [1.29, 1.82) is 0 Å². The van der Waals surface area contributed by atoms with Gasteiger partial charge in [0.05, 0.1) is 0 Å². The third kappa shape index (κ3) is 2.89. The molecule has 0 fully saturated rings. The Hall–Kier alpha value is -1.08. The van der Waals surface area contributed by atoms with Crippen molar-refractivity contribution in [3.8, 4) is 0 Å². The van der Waals surface area contributed by atoms with Gasteiger partial charge in [-0.15, -0.1) is 0 Å². The van der Waals surface area contributed by atoms with E-state index < -0.39 is 0 Å². The molecular weight excluding hydrogens is 146 g/mol. The maximum Gasteiger partial charge on any atom is 0.0135 e. The van der Waals surface area contributed by atoms with E-state index in [1.165, 1.54) is 11.1 Å². The van der Waals surface area contributed by atoms with E-state index in [1.54, 1.807) is 0 Å². The number of nitrogens with one attached hydrogen (secondary N) is 1. The Balaban J connectivity index is 2.63. The summed E-state index contributed by atoms with van der Waals surface area (Å²) in [5.74, 6) is 0. The van der Waals surface area contributed by atoms with E-state index in [1.807, 2.05) is 7.05 Å². The van der Waals surface area contributed by atoms with Gasteiger partial charge in [-0.1, -0.05) is 42.0 Å². The first-order chi connectivity index (χ1) is 5.83. The summed E-state index contributed by atoms with van der Waals surface area (Å²) in [6, 6.07) is 8.47. The van der Waals surface area contributed by atoms with Gasteiger partial charge in [0.2, 0.25) is 0 Å². The minimum atomic E-state index is 0.925. The minimum absolute atomic E-state index is 0.925. The van der Waals surface area contributed by atoms with Gasteiger partial charge in [-0.05, 0) is 19.5 Å². The fraction of sp³-hybridized carbons (Fsp3) is 0.273. The van der Waals surface area contributed by atoms with E-state index in [0.29, 0.717) is 0 Å². The molecule has 12 heavy (non-hydrogen) atoms. The van der Waals surface area contributed by atoms with Gasteiger partial charge in [0, 0.05) is 6.54 Å². The van der Waals surface area contributed by atoms with Crippen LogP contribution >= 0.6 is 0 Å². The fourth-order valence-electron chi connectivity index (χ4n) is 1.09. The Morgan fingerprint density at radius 2 is 2.25 bits per heavy atom. The first-order valence-corrected chi connectivity index (χ1v) is 4.21. The molecule has 0 saturated carbocycles. The van der Waals surface area contributed by atoms with E-state index in [9.17, 15) is 0 Å². The molecule has 0 aliphatic heterocycles. The van der Waals surface area contributed by atoms with Crippen LogP contribution in [-0.4, -0.2) is 13.6 Å². The molecule has 1 aromatic carbocycles. The SMILES string of the molecule is CNC/C=C/c1cccc(C)c1. The van der Waals surface area contributed by atoms with Crippen molar-refractivity contribution in [3.05, 3.63) is 41.5 Å². The summed E-state index contributed by atoms with van der Waals surface area (Å²) in [6.45, 7) is 3.03. The molecule has 0 atom stereocenters. The monoisotopic (exact) mass is 161 g/mol. The summed E-state index contributed by atoms with van der Waals surface area (Å²) in [5.41, 5.74) is 2.58. The molecular formula is C11H15N. The van der Waals surface area contributed by atoms with Crippen molar-refractivity contribution in [3.63, 3.8) is 0 Å². The first-order valence-electron chi connectivity index (χ1n) is 4.21. The van der Waals surface area contributed by atoms with Crippen LogP contribution in [0.2, 0.25) is 0 Å². The minimum Gasteiger partial charge on any atom is -0.316 e. The number of hydrogen-bond donors (Lipinski definition) is 1. The molecule has 0 saturated heterocycles. The van der Waals surface area contributed by atoms with E-state index in [-0.39, 0.29) is 0 Å². The third-order valence-electron chi connectivity index (χ3n) is 1.67. The first kappa shape index (κ1) is 9.01. The zero-order valence-electron chi connectivity index (χ0n) is 7.67. The molecule has 1 N–H and O–H groups in total. The second-order valence-corrected chi connectivity index (χ2v) is 2.87. The zero-order valence-corrected chi connectivity index (χ0v) is 7.67. The van der Waals surface area contributed by atoms with Crippen LogP contribution in [0.4, 0.5) is 0 Å². The van der Waals surface area contributed by atoms with Gasteiger partial charge in [0.1, 0.15) is 0 Å². The highest BCUT2D eigenvalue weighted by atomic mass is 14.8. The highest BCUT2D eigenvalue weighted by Gasteiger charge is 1.85. The van der Waals surface area contributed by atoms with Gasteiger partial charge in [0.15, 0.2) is 0 Å². The Labute approximate surface area is 74.1 Å². The lowest BCUT2D eigenvalue weighted by molar-refractivity contribution is 0.922. The van der Waals surface area contributed by atoms with Crippen LogP contribution in [0.1, 0.15) is 11.1 Å². The molecule has 64 valence electrons. The highest BCUT2D eigenvalue weighted by Crippen LogP contribution is 2.04. The van der Waals surface area contributed by atoms with Gasteiger partial charge in [-0.25, -0.2) is 0 Å². The third-order valence-corrected chi connectivity index (χ3v) is 1.67. The van der Waals surface area contributed by atoms with Crippen molar-refractivity contribution in [2.24, 2.45) is 0 Å². The van der Waals surface area contributed by atoms with Crippen LogP contribution in [0, 0.1) is 6.92 Å². The molecule has 0 spiro atoms. The van der Waals surface area contributed by atoms with Crippen LogP contribution in [0.25, 0.3) is 6.08 Å². The lowest BCUT2D eigenvalue weighted by atomic mass is 10.1. The van der Waals surface area contributed by atoms with Gasteiger partial charge < -0.3 is 5.32 Å². The molecule has 0 heterocycles. The number of benzene rings is 1. The van der Waals surface area contributed by atoms with Gasteiger partial charge in [-0.2, -0.15) is 0 Å². The van der Waals surface area contributed by atoms with E-state index in [4.69, 9.17) is 0 Å². The van der Waals surface area contributed by atoms with Crippen LogP contribution < -0.4 is 5.32 Å². The maximum atomic E-state index is 3.07. The predicted molar refractivity (Wildman–Crippen MR) is 54.1 cm³/mol. The molecule has 0 unspecified atom stereocenters. The van der Waals surface area contributed by atoms with Crippen molar-refractivity contribution in [1.82, 2.24) is 5.32 Å². The van der Waals surface area contributed by atoms with Crippen molar-refractivity contribution in [2.45, 2.75) is 6.92 Å². The van der Waals surface area contributed by atoms with E-state index >= 15 is 0 Å². The number of likely N-dealkylation sites (N-methyl/N-ethyl adjacent to an activating group) is 1. The molecule has 0 amide bonds. The second-order valence-electron chi connectivity index (χ2n) is 2.87. The molecule has 1 heteroatoms. The number of hydrogen-bond acceptors (Lipinski definition) is 1. The molecule has 1 nitrogen and oxygen atoms in total. The summed E-state index contributed by atoms with van der Waals surface area (Å²) >= 11 is 0. The second kappa shape index (κ2) is 4.73. The topological polar surface area (TPSA) is 12.0 Å². The Morgan fingerprint density at radius 3 is 2.92 bits per heavy atom. The van der Waals surface area contributed by atoms with Gasteiger partial charge >= 0.3 is 0 Å². The molecule has 0 aliphatic carbocycles. The van der Waals surface area contributed by atoms with Crippen molar-refractivity contribution < 1.29 is 0 Å². The Kier molecular flexibility index (Phi) is 3.55. The largest absolute Gasteiger partial charge is 0.316 e. The molecule has 1 rings (SSSR count). The molecule has 1 aromatic rings. The van der Waals surface area contributed by atoms with Crippen LogP contribution in [0.3, 0.4) is 0 Å². The average Bonchev–Trinajstić information content (AvgIpc) is 2.05. The summed E-state index contributed by atoms with van der Waals surface area (Å²) < 4.78 is 0. The summed E-state index contributed by atoms with van der Waals surface area (Å²) in [7, 11) is 1.95. The molecule has 0 radical (unpaired) electrons. The Morgan fingerprint density at radius 1 is 1.42 bits per heavy atom. The fourth-order valence-corrected chi connectivity index (χ4v) is 1.09. The average molecular weight is 161 g/mol. The van der Waals surface area contributed by atoms with E-state index in [2.05, 4.69) is 48.7 Å². The molecule has 0 aromatic heterocycles. The smallest absolute Gasteiger partial charge is 0.0135 e. The lowest BCUT2D eigenvalue weighted by Crippen LogP contribution is -2.03. The lowest BCUT2D eigenvalue weighted by Gasteiger charge is -1.95. The quantitative estimate of drug-likeness (QED) is 0.716. The molecule has 0 bridgehead atoms. The number of aryl methyl sites for hydroxylation is 1. The van der Waals surface area contributed by atoms with Crippen LogP contribution in [0.15, 0.2) is 30.3 Å². The van der Waals surface area contributed by atoms with Crippen molar-refractivity contribution >= 4 is 6.08 Å². The van der Waals surface area contributed by atoms with Crippen LogP contribution in [-0.2, 0) is 0 Å². The summed E-state index contributed by atoms with van der Waals surface area (Å²) in [6.07, 6.45) is 4.25. The highest BCUT2D eigenvalue weighted by molar-refractivity contribution is 5.50. The van der Waals surface area contributed by atoms with Gasteiger partial charge in [0.25, 0.3) is 0 Å². The maximum absolute atomic E-state index is 3.07. The van der Waals surface area contributed by atoms with Gasteiger partial charge in [-0.3, -0.25) is 0 Å². The Bertz CT molecular complexity index is 263. The normalized spacial score (nSPS) is 10.8. The predicted octanol–water partition coefficient (Wildman–Crippen LogP) is 2.23. The number of rotatable bonds is 3. The summed E-state index contributed by atoms with van der Waals surface area (Å²) in [4.78, 5) is 0. The van der Waals surface area contributed by atoms with Crippen LogP contribution in [0.5, 0.6) is 0 Å².